The first-order valence-electron chi connectivity index (χ1n) is 8.99. The van der Waals surface area contributed by atoms with Gasteiger partial charge in [0.2, 0.25) is 5.91 Å². The maximum absolute atomic E-state index is 12.3. The Bertz CT molecular complexity index is 969. The summed E-state index contributed by atoms with van der Waals surface area (Å²) in [6.45, 7) is 1.07. The molecule has 1 aliphatic heterocycles. The molecule has 4 rings (SSSR count). The van der Waals surface area contributed by atoms with Crippen LogP contribution in [0.4, 0.5) is 5.69 Å². The largest absolute Gasteiger partial charge is 0.497 e. The van der Waals surface area contributed by atoms with E-state index in [4.69, 9.17) is 14.2 Å². The van der Waals surface area contributed by atoms with Crippen LogP contribution in [0.1, 0.15) is 11.4 Å². The summed E-state index contributed by atoms with van der Waals surface area (Å²) in [6.07, 6.45) is 0.960. The summed E-state index contributed by atoms with van der Waals surface area (Å²) in [7, 11) is 1.64. The van der Waals surface area contributed by atoms with Gasteiger partial charge >= 0.3 is 0 Å². The maximum Gasteiger partial charge on any atom is 0.224 e. The Morgan fingerprint density at radius 1 is 1.14 bits per heavy atom. The minimum absolute atomic E-state index is 0.0575. The Morgan fingerprint density at radius 3 is 2.71 bits per heavy atom. The van der Waals surface area contributed by atoms with E-state index in [1.165, 1.54) is 0 Å². The number of rotatable bonds is 6. The van der Waals surface area contributed by atoms with Gasteiger partial charge in [-0.05, 0) is 36.4 Å². The van der Waals surface area contributed by atoms with E-state index in [9.17, 15) is 4.79 Å². The van der Waals surface area contributed by atoms with E-state index < -0.39 is 0 Å². The lowest BCUT2D eigenvalue weighted by Crippen LogP contribution is -2.16. The summed E-state index contributed by atoms with van der Waals surface area (Å²) < 4.78 is 16.2. The molecule has 0 atom stereocenters. The van der Waals surface area contributed by atoms with Crippen molar-refractivity contribution in [3.63, 3.8) is 0 Å². The third-order valence-electron chi connectivity index (χ3n) is 4.33. The van der Waals surface area contributed by atoms with Crippen LogP contribution < -0.4 is 19.5 Å². The zero-order valence-corrected chi connectivity index (χ0v) is 16.3. The van der Waals surface area contributed by atoms with Crippen molar-refractivity contribution in [3.8, 4) is 28.5 Å². The minimum Gasteiger partial charge on any atom is -0.497 e. The summed E-state index contributed by atoms with van der Waals surface area (Å²) in [5.74, 6) is 2.12. The molecule has 0 spiro atoms. The molecule has 2 heterocycles. The van der Waals surface area contributed by atoms with Crippen molar-refractivity contribution in [1.82, 2.24) is 4.98 Å². The van der Waals surface area contributed by atoms with Gasteiger partial charge in [-0.3, -0.25) is 4.79 Å². The van der Waals surface area contributed by atoms with Crippen LogP contribution in [-0.2, 0) is 11.2 Å². The van der Waals surface area contributed by atoms with Gasteiger partial charge in [-0.1, -0.05) is 0 Å². The molecule has 1 amide bonds. The Hall–Kier alpha value is -3.06. The highest BCUT2D eigenvalue weighted by Gasteiger charge is 2.13. The Morgan fingerprint density at radius 2 is 1.93 bits per heavy atom. The molecular formula is C21H20N2O4S. The number of hydrogen-bond acceptors (Lipinski definition) is 6. The number of fused-ring (bicyclic) bond motifs is 1. The SMILES string of the molecule is COc1ccc(-c2csc(CCC(=O)Nc3ccc4c(c3)OCCO4)n2)cc1. The molecule has 0 saturated carbocycles. The number of ether oxygens (including phenoxy) is 3. The van der Waals surface area contributed by atoms with Crippen molar-refractivity contribution in [2.45, 2.75) is 12.8 Å². The highest BCUT2D eigenvalue weighted by Crippen LogP contribution is 2.32. The normalized spacial score (nSPS) is 12.5. The summed E-state index contributed by atoms with van der Waals surface area (Å²) >= 11 is 1.56. The number of carbonyl (C=O) groups excluding carboxylic acids is 1. The zero-order chi connectivity index (χ0) is 19.3. The smallest absolute Gasteiger partial charge is 0.224 e. The predicted octanol–water partition coefficient (Wildman–Crippen LogP) is 4.16. The number of nitrogens with one attached hydrogen (secondary N) is 1. The van der Waals surface area contributed by atoms with Crippen molar-refractivity contribution >= 4 is 22.9 Å². The van der Waals surface area contributed by atoms with Crippen LogP contribution in [0.15, 0.2) is 47.8 Å². The third kappa shape index (κ3) is 4.26. The summed E-state index contributed by atoms with van der Waals surface area (Å²) in [5.41, 5.74) is 2.64. The van der Waals surface area contributed by atoms with Gasteiger partial charge in [0.1, 0.15) is 19.0 Å². The van der Waals surface area contributed by atoms with E-state index in [0.717, 1.165) is 22.0 Å². The highest BCUT2D eigenvalue weighted by atomic mass is 32.1. The van der Waals surface area contributed by atoms with Crippen LogP contribution in [0.5, 0.6) is 17.2 Å². The number of thiazole rings is 1. The molecule has 28 heavy (non-hydrogen) atoms. The standard InChI is InChI=1S/C21H20N2O4S/c1-25-16-5-2-14(3-6-16)17-13-28-21(23-17)9-8-20(24)22-15-4-7-18-19(12-15)27-11-10-26-18/h2-7,12-13H,8-11H2,1H3,(H,22,24). The van der Waals surface area contributed by atoms with Crippen molar-refractivity contribution in [2.75, 3.05) is 25.6 Å². The first-order valence-corrected chi connectivity index (χ1v) is 9.87. The van der Waals surface area contributed by atoms with E-state index in [-0.39, 0.29) is 5.91 Å². The molecule has 6 nitrogen and oxygen atoms in total. The first kappa shape index (κ1) is 18.3. The Labute approximate surface area is 167 Å². The van der Waals surface area contributed by atoms with Gasteiger partial charge in [-0.25, -0.2) is 4.98 Å². The molecule has 144 valence electrons. The number of carbonyl (C=O) groups is 1. The van der Waals surface area contributed by atoms with Crippen molar-refractivity contribution < 1.29 is 19.0 Å². The second-order valence-corrected chi connectivity index (χ2v) is 7.20. The summed E-state index contributed by atoms with van der Waals surface area (Å²) in [4.78, 5) is 16.9. The van der Waals surface area contributed by atoms with Gasteiger partial charge < -0.3 is 19.5 Å². The summed E-state index contributed by atoms with van der Waals surface area (Å²) in [6, 6.07) is 13.2. The number of aromatic nitrogens is 1. The van der Waals surface area contributed by atoms with E-state index in [2.05, 4.69) is 10.3 Å². The van der Waals surface area contributed by atoms with E-state index >= 15 is 0 Å². The van der Waals surface area contributed by atoms with Crippen LogP contribution in [0.3, 0.4) is 0 Å². The Kier molecular flexibility index (Phi) is 5.43. The molecule has 0 unspecified atom stereocenters. The average Bonchev–Trinajstić information content (AvgIpc) is 3.21. The minimum atomic E-state index is -0.0575. The van der Waals surface area contributed by atoms with Crippen molar-refractivity contribution in [1.29, 1.82) is 0 Å². The van der Waals surface area contributed by atoms with Crippen LogP contribution in [0.2, 0.25) is 0 Å². The van der Waals surface area contributed by atoms with Crippen LogP contribution in [0, 0.1) is 0 Å². The number of methoxy groups -OCH3 is 1. The second kappa shape index (κ2) is 8.31. The van der Waals surface area contributed by atoms with E-state index in [1.54, 1.807) is 24.5 Å². The molecule has 0 bridgehead atoms. The molecule has 0 aliphatic carbocycles. The van der Waals surface area contributed by atoms with Gasteiger partial charge in [0.15, 0.2) is 11.5 Å². The monoisotopic (exact) mass is 396 g/mol. The highest BCUT2D eigenvalue weighted by molar-refractivity contribution is 7.09. The molecule has 0 radical (unpaired) electrons. The molecule has 1 aromatic heterocycles. The van der Waals surface area contributed by atoms with Gasteiger partial charge in [0.25, 0.3) is 0 Å². The maximum atomic E-state index is 12.3. The van der Waals surface area contributed by atoms with Gasteiger partial charge in [0.05, 0.1) is 17.8 Å². The second-order valence-electron chi connectivity index (χ2n) is 6.26. The van der Waals surface area contributed by atoms with E-state index in [1.807, 2.05) is 41.8 Å². The fourth-order valence-corrected chi connectivity index (χ4v) is 3.69. The molecule has 2 aromatic carbocycles. The van der Waals surface area contributed by atoms with E-state index in [0.29, 0.717) is 43.2 Å². The van der Waals surface area contributed by atoms with Gasteiger partial charge in [-0.15, -0.1) is 11.3 Å². The van der Waals surface area contributed by atoms with Crippen LogP contribution in [0.25, 0.3) is 11.3 Å². The fourth-order valence-electron chi connectivity index (χ4n) is 2.89. The lowest BCUT2D eigenvalue weighted by atomic mass is 10.2. The van der Waals surface area contributed by atoms with Crippen molar-refractivity contribution in [3.05, 3.63) is 52.9 Å². The molecular weight excluding hydrogens is 376 g/mol. The number of anilines is 1. The number of nitrogens with zero attached hydrogens (tertiary/aromatic N) is 1. The van der Waals surface area contributed by atoms with Gasteiger partial charge in [0, 0.05) is 35.5 Å². The van der Waals surface area contributed by atoms with Crippen molar-refractivity contribution in [2.24, 2.45) is 0 Å². The van der Waals surface area contributed by atoms with Crippen LogP contribution >= 0.6 is 11.3 Å². The number of hydrogen-bond donors (Lipinski definition) is 1. The topological polar surface area (TPSA) is 69.7 Å². The number of aryl methyl sites for hydroxylation is 1. The number of amides is 1. The number of benzene rings is 2. The fraction of sp³-hybridized carbons (Fsp3) is 0.238. The predicted molar refractivity (Wildman–Crippen MR) is 108 cm³/mol. The molecule has 3 aromatic rings. The lowest BCUT2D eigenvalue weighted by molar-refractivity contribution is -0.116. The molecule has 1 N–H and O–H groups in total. The quantitative estimate of drug-likeness (QED) is 0.677. The average molecular weight is 396 g/mol. The molecule has 0 saturated heterocycles. The molecule has 1 aliphatic rings. The Balaban J connectivity index is 1.33. The van der Waals surface area contributed by atoms with Gasteiger partial charge in [-0.2, -0.15) is 0 Å². The lowest BCUT2D eigenvalue weighted by Gasteiger charge is -2.18. The first-order chi connectivity index (χ1) is 13.7. The van der Waals surface area contributed by atoms with Crippen LogP contribution in [-0.4, -0.2) is 31.2 Å². The zero-order valence-electron chi connectivity index (χ0n) is 15.4. The molecule has 7 heteroatoms. The molecule has 0 fully saturated rings. The third-order valence-corrected chi connectivity index (χ3v) is 5.24. The summed E-state index contributed by atoms with van der Waals surface area (Å²) in [5, 5.41) is 5.85.